The van der Waals surface area contributed by atoms with Gasteiger partial charge in [0.05, 0.1) is 18.7 Å². The molecule has 302 valence electrons. The Hall–Kier alpha value is -5.48. The fourth-order valence-corrected chi connectivity index (χ4v) is 5.47. The molecule has 2 amide bonds. The van der Waals surface area contributed by atoms with E-state index in [1.807, 2.05) is 0 Å². The van der Waals surface area contributed by atoms with Gasteiger partial charge in [-0.1, -0.05) is 23.3 Å². The van der Waals surface area contributed by atoms with Crippen LogP contribution in [0.3, 0.4) is 0 Å². The normalized spacial score (nSPS) is 12.2. The molecule has 1 aromatic heterocycles. The summed E-state index contributed by atoms with van der Waals surface area (Å²) in [7, 11) is 0. The van der Waals surface area contributed by atoms with Gasteiger partial charge in [-0.3, -0.25) is 24.2 Å². The van der Waals surface area contributed by atoms with E-state index in [-0.39, 0.29) is 35.6 Å². The Morgan fingerprint density at radius 1 is 0.875 bits per heavy atom. The van der Waals surface area contributed by atoms with Crippen LogP contribution < -0.4 is 31.6 Å². The number of Topliss-reactive ketones (excluding diaryl/α,β-unsaturated/α-hetero) is 2. The maximum absolute atomic E-state index is 15.7. The molecule has 0 aliphatic carbocycles. The zero-order valence-corrected chi connectivity index (χ0v) is 32.1. The molecule has 2 aromatic carbocycles. The SMILES string of the molecule is Cc1cc(OCC(=O)[C@H](CCCCN)NC(=O)C(C)(C)OCc2ccc(F)c(OCC(=O)[C@H](CCCCN)NC(=O)c3cccc(N=[N+]=[N-])c3)c2F)cc(C)n1. The smallest absolute Gasteiger partial charge is 0.252 e. The van der Waals surface area contributed by atoms with Gasteiger partial charge in [0.2, 0.25) is 0 Å². The Morgan fingerprint density at radius 3 is 2.09 bits per heavy atom. The van der Waals surface area contributed by atoms with Gasteiger partial charge in [0, 0.05) is 45.2 Å². The number of amides is 2. The minimum absolute atomic E-state index is 0.128. The van der Waals surface area contributed by atoms with Crippen molar-refractivity contribution in [1.82, 2.24) is 15.6 Å². The van der Waals surface area contributed by atoms with Crippen LogP contribution in [0.2, 0.25) is 0 Å². The van der Waals surface area contributed by atoms with E-state index in [0.717, 1.165) is 23.5 Å². The van der Waals surface area contributed by atoms with Crippen molar-refractivity contribution in [2.75, 3.05) is 26.3 Å². The highest BCUT2D eigenvalue weighted by Gasteiger charge is 2.33. The van der Waals surface area contributed by atoms with E-state index in [2.05, 4.69) is 25.6 Å². The third-order valence-electron chi connectivity index (χ3n) is 8.61. The quantitative estimate of drug-likeness (QED) is 0.0394. The lowest BCUT2D eigenvalue weighted by Gasteiger charge is -2.27. The molecule has 0 bridgehead atoms. The lowest BCUT2D eigenvalue weighted by Crippen LogP contribution is -2.51. The molecule has 1 heterocycles. The van der Waals surface area contributed by atoms with Crippen LogP contribution in [0, 0.1) is 25.5 Å². The van der Waals surface area contributed by atoms with Crippen LogP contribution in [-0.2, 0) is 25.7 Å². The molecule has 0 saturated heterocycles. The summed E-state index contributed by atoms with van der Waals surface area (Å²) >= 11 is 0. The number of hydrogen-bond donors (Lipinski definition) is 4. The first kappa shape index (κ1) is 44.9. The van der Waals surface area contributed by atoms with E-state index in [0.29, 0.717) is 50.9 Å². The topological polar surface area (TPSA) is 234 Å². The van der Waals surface area contributed by atoms with E-state index in [4.69, 9.17) is 31.2 Å². The van der Waals surface area contributed by atoms with Crippen LogP contribution in [0.1, 0.15) is 79.7 Å². The number of ketones is 2. The van der Waals surface area contributed by atoms with Crippen molar-refractivity contribution in [2.45, 2.75) is 90.5 Å². The van der Waals surface area contributed by atoms with Crippen LogP contribution in [-0.4, -0.2) is 72.4 Å². The second-order valence-electron chi connectivity index (χ2n) is 13.6. The summed E-state index contributed by atoms with van der Waals surface area (Å²) in [6, 6.07) is 9.26. The van der Waals surface area contributed by atoms with Gasteiger partial charge in [-0.25, -0.2) is 8.78 Å². The lowest BCUT2D eigenvalue weighted by molar-refractivity contribution is -0.146. The van der Waals surface area contributed by atoms with Gasteiger partial charge in [0.1, 0.15) is 24.6 Å². The number of rotatable bonds is 24. The number of halogens is 2. The molecule has 3 rings (SSSR count). The van der Waals surface area contributed by atoms with E-state index in [1.165, 1.54) is 38.1 Å². The predicted molar refractivity (Wildman–Crippen MR) is 204 cm³/mol. The monoisotopic (exact) mass is 780 g/mol. The van der Waals surface area contributed by atoms with Crippen LogP contribution >= 0.6 is 0 Å². The fourth-order valence-electron chi connectivity index (χ4n) is 5.47. The predicted octanol–water partition coefficient (Wildman–Crippen LogP) is 5.35. The van der Waals surface area contributed by atoms with Gasteiger partial charge in [-0.05, 0) is 103 Å². The molecule has 6 N–H and O–H groups in total. The second-order valence-corrected chi connectivity index (χ2v) is 13.6. The van der Waals surface area contributed by atoms with E-state index in [9.17, 15) is 23.6 Å². The molecule has 0 spiro atoms. The average molecular weight is 781 g/mol. The summed E-state index contributed by atoms with van der Waals surface area (Å²) in [6.45, 7) is 5.63. The molecule has 0 unspecified atom stereocenters. The summed E-state index contributed by atoms with van der Waals surface area (Å²) in [5.74, 6) is -4.95. The van der Waals surface area contributed by atoms with Crippen molar-refractivity contribution in [2.24, 2.45) is 16.6 Å². The summed E-state index contributed by atoms with van der Waals surface area (Å²) in [6.07, 6.45) is 2.67. The first-order valence-electron chi connectivity index (χ1n) is 18.2. The summed E-state index contributed by atoms with van der Waals surface area (Å²) in [5.41, 5.74) is 20.0. The van der Waals surface area contributed by atoms with Crippen molar-refractivity contribution >= 4 is 29.1 Å². The Balaban J connectivity index is 1.67. The van der Waals surface area contributed by atoms with Crippen molar-refractivity contribution in [3.8, 4) is 11.5 Å². The molecule has 56 heavy (non-hydrogen) atoms. The van der Waals surface area contributed by atoms with Crippen molar-refractivity contribution in [1.29, 1.82) is 0 Å². The number of hydrogen-bond acceptors (Lipinski definition) is 11. The summed E-state index contributed by atoms with van der Waals surface area (Å²) < 4.78 is 47.4. The van der Waals surface area contributed by atoms with E-state index in [1.54, 1.807) is 26.0 Å². The fraction of sp³-hybridized carbons (Fsp3) is 0.462. The van der Waals surface area contributed by atoms with Gasteiger partial charge >= 0.3 is 0 Å². The Bertz CT molecular complexity index is 1870. The Morgan fingerprint density at radius 2 is 1.48 bits per heavy atom. The highest BCUT2D eigenvalue weighted by Crippen LogP contribution is 2.27. The number of aromatic nitrogens is 1. The Labute approximate surface area is 324 Å². The van der Waals surface area contributed by atoms with Crippen LogP contribution in [0.4, 0.5) is 14.5 Å². The van der Waals surface area contributed by atoms with E-state index >= 15 is 4.39 Å². The number of nitrogens with one attached hydrogen (secondary N) is 2. The molecule has 17 heteroatoms. The molecule has 0 radical (unpaired) electrons. The lowest BCUT2D eigenvalue weighted by atomic mass is 10.0. The van der Waals surface area contributed by atoms with Gasteiger partial charge in [0.15, 0.2) is 29.0 Å². The van der Waals surface area contributed by atoms with Crippen molar-refractivity contribution < 1.29 is 42.2 Å². The number of nitrogens with two attached hydrogens (primary N) is 2. The largest absolute Gasteiger partial charge is 0.486 e. The molecular weight excluding hydrogens is 730 g/mol. The van der Waals surface area contributed by atoms with Gasteiger partial charge in [0.25, 0.3) is 11.8 Å². The first-order chi connectivity index (χ1) is 26.7. The van der Waals surface area contributed by atoms with Crippen LogP contribution in [0.15, 0.2) is 53.6 Å². The molecule has 0 fully saturated rings. The third-order valence-corrected chi connectivity index (χ3v) is 8.61. The van der Waals surface area contributed by atoms with Crippen LogP contribution in [0.5, 0.6) is 11.5 Å². The Kier molecular flexibility index (Phi) is 17.8. The number of benzene rings is 2. The zero-order chi connectivity index (χ0) is 41.3. The highest BCUT2D eigenvalue weighted by atomic mass is 19.1. The molecule has 0 saturated carbocycles. The minimum Gasteiger partial charge on any atom is -0.486 e. The second kappa shape index (κ2) is 22.2. The molecule has 3 aromatic rings. The molecular formula is C39H50F2N8O7. The zero-order valence-electron chi connectivity index (χ0n) is 32.1. The van der Waals surface area contributed by atoms with Crippen molar-refractivity contribution in [3.63, 3.8) is 0 Å². The van der Waals surface area contributed by atoms with Gasteiger partial charge in [-0.15, -0.1) is 0 Å². The molecule has 0 aliphatic heterocycles. The maximum Gasteiger partial charge on any atom is 0.252 e. The maximum atomic E-state index is 15.7. The number of aryl methyl sites for hydroxylation is 2. The number of carbonyl (C=O) groups excluding carboxylic acids is 4. The van der Waals surface area contributed by atoms with Gasteiger partial charge < -0.3 is 36.3 Å². The third kappa shape index (κ3) is 14.0. The highest BCUT2D eigenvalue weighted by molar-refractivity contribution is 5.98. The molecule has 2 atom stereocenters. The van der Waals surface area contributed by atoms with Crippen LogP contribution in [0.25, 0.3) is 10.4 Å². The first-order valence-corrected chi connectivity index (χ1v) is 18.2. The van der Waals surface area contributed by atoms with Gasteiger partial charge in [-0.2, -0.15) is 0 Å². The average Bonchev–Trinajstić information content (AvgIpc) is 3.15. The minimum atomic E-state index is -1.58. The number of pyridine rings is 1. The summed E-state index contributed by atoms with van der Waals surface area (Å²) in [4.78, 5) is 59.9. The number of azide groups is 1. The van der Waals surface area contributed by atoms with E-state index < -0.39 is 65.9 Å². The number of unbranched alkanes of at least 4 members (excludes halogenated alkanes) is 2. The number of ether oxygens (including phenoxy) is 3. The molecule has 0 aliphatic rings. The summed E-state index contributed by atoms with van der Waals surface area (Å²) in [5, 5.41) is 8.81. The van der Waals surface area contributed by atoms with Crippen molar-refractivity contribution in [3.05, 3.63) is 93.1 Å². The number of nitrogens with zero attached hydrogens (tertiary/aromatic N) is 4. The number of carbonyl (C=O) groups is 4. The molecule has 15 nitrogen and oxygen atoms in total. The standard InChI is InChI=1S/C39H50F2N8O7/c1-24-18-29(19-25(2)45-24)54-22-33(50)32(13-6-8-17-43)47-38(53)39(3,4)56-21-27-14-15-30(40)36(35(27)41)55-23-34(51)31(12-5-7-16-42)46-37(52)26-10-9-11-28(20-26)48-49-44/h9-11,14-15,18-20,31-32H,5-8,12-13,16-17,21-23,42-43H2,1-4H3,(H,46,52)(H,47,53)/t31-,32-/m0/s1.